The van der Waals surface area contributed by atoms with Crippen LogP contribution in [0.25, 0.3) is 10.9 Å². The molecule has 1 aromatic carbocycles. The third-order valence-electron chi connectivity index (χ3n) is 2.50. The van der Waals surface area contributed by atoms with E-state index in [1.807, 2.05) is 6.92 Å². The minimum atomic E-state index is -0.458. The Morgan fingerprint density at radius 1 is 1.44 bits per heavy atom. The molecule has 0 saturated heterocycles. The van der Waals surface area contributed by atoms with Crippen LogP contribution >= 0.6 is 11.6 Å². The van der Waals surface area contributed by atoms with Crippen molar-refractivity contribution < 1.29 is 10.2 Å². The molecule has 1 heterocycles. The van der Waals surface area contributed by atoms with Crippen LogP contribution in [0.1, 0.15) is 6.92 Å². The molecule has 0 amide bonds. The van der Waals surface area contributed by atoms with Crippen LogP contribution in [0.4, 0.5) is 0 Å². The molecular formula is C11H10ClNO3. The third-order valence-corrected chi connectivity index (χ3v) is 2.87. The molecule has 2 N–H and O–H groups in total. The molecule has 2 rings (SSSR count). The van der Waals surface area contributed by atoms with Crippen molar-refractivity contribution in [3.63, 3.8) is 0 Å². The van der Waals surface area contributed by atoms with E-state index in [1.54, 1.807) is 10.8 Å². The smallest absolute Gasteiger partial charge is 0.191 e. The Bertz CT molecular complexity index is 619. The lowest BCUT2D eigenvalue weighted by Gasteiger charge is -2.10. The lowest BCUT2D eigenvalue weighted by atomic mass is 10.2. The largest absolute Gasteiger partial charge is 0.504 e. The van der Waals surface area contributed by atoms with Gasteiger partial charge in [-0.3, -0.25) is 4.79 Å². The molecule has 0 spiro atoms. The molecule has 0 radical (unpaired) electrons. The van der Waals surface area contributed by atoms with Gasteiger partial charge in [-0.25, -0.2) is 0 Å². The normalized spacial score (nSPS) is 10.9. The highest BCUT2D eigenvalue weighted by molar-refractivity contribution is 6.37. The molecule has 2 aromatic rings. The molecule has 0 aliphatic heterocycles. The number of phenolic OH excluding ortho intramolecular Hbond substituents is 2. The van der Waals surface area contributed by atoms with Gasteiger partial charge in [-0.05, 0) is 6.92 Å². The van der Waals surface area contributed by atoms with Gasteiger partial charge in [0.15, 0.2) is 16.9 Å². The van der Waals surface area contributed by atoms with Gasteiger partial charge in [0.1, 0.15) is 0 Å². The summed E-state index contributed by atoms with van der Waals surface area (Å²) in [4.78, 5) is 11.6. The van der Waals surface area contributed by atoms with E-state index in [2.05, 4.69) is 0 Å². The number of nitrogens with zero attached hydrogens (tertiary/aromatic N) is 1. The van der Waals surface area contributed by atoms with Gasteiger partial charge in [0, 0.05) is 24.9 Å². The van der Waals surface area contributed by atoms with Gasteiger partial charge in [-0.2, -0.15) is 0 Å². The second-order valence-electron chi connectivity index (χ2n) is 3.42. The molecule has 1 aromatic heterocycles. The van der Waals surface area contributed by atoms with E-state index in [-0.39, 0.29) is 21.6 Å². The number of aromatic nitrogens is 1. The minimum Gasteiger partial charge on any atom is -0.504 e. The number of benzene rings is 1. The summed E-state index contributed by atoms with van der Waals surface area (Å²) >= 11 is 5.84. The van der Waals surface area contributed by atoms with E-state index < -0.39 is 5.75 Å². The molecule has 0 aliphatic carbocycles. The summed E-state index contributed by atoms with van der Waals surface area (Å²) in [5.74, 6) is -0.787. The Hall–Kier alpha value is -1.68. The molecule has 0 atom stereocenters. The number of halogens is 1. The zero-order chi connectivity index (χ0) is 11.9. The molecule has 0 bridgehead atoms. The highest BCUT2D eigenvalue weighted by Gasteiger charge is 2.14. The molecule has 16 heavy (non-hydrogen) atoms. The standard InChI is InChI=1S/C11H10ClNO3/c1-2-13-4-3-7(14)9-6(13)5-8(15)11(16)10(9)12/h3-5,15-16H,2H2,1H3. The molecule has 5 heteroatoms. The summed E-state index contributed by atoms with van der Waals surface area (Å²) in [6.45, 7) is 2.54. The first-order valence-electron chi connectivity index (χ1n) is 4.79. The number of rotatable bonds is 1. The number of aryl methyl sites for hydroxylation is 1. The quantitative estimate of drug-likeness (QED) is 0.749. The third kappa shape index (κ3) is 1.42. The lowest BCUT2D eigenvalue weighted by Crippen LogP contribution is -2.07. The minimum absolute atomic E-state index is 0.109. The second kappa shape index (κ2) is 3.72. The Kier molecular flexibility index (Phi) is 2.52. The van der Waals surface area contributed by atoms with E-state index >= 15 is 0 Å². The topological polar surface area (TPSA) is 62.5 Å². The highest BCUT2D eigenvalue weighted by Crippen LogP contribution is 2.37. The van der Waals surface area contributed by atoms with Crippen molar-refractivity contribution in [1.29, 1.82) is 0 Å². The first-order valence-corrected chi connectivity index (χ1v) is 5.17. The average molecular weight is 240 g/mol. The van der Waals surface area contributed by atoms with E-state index in [1.165, 1.54) is 12.1 Å². The predicted molar refractivity (Wildman–Crippen MR) is 62.2 cm³/mol. The number of phenols is 2. The van der Waals surface area contributed by atoms with E-state index in [0.29, 0.717) is 12.1 Å². The molecule has 0 unspecified atom stereocenters. The number of hydrogen-bond acceptors (Lipinski definition) is 3. The van der Waals surface area contributed by atoms with Crippen molar-refractivity contribution >= 4 is 22.5 Å². The molecule has 0 fully saturated rings. The number of hydrogen-bond donors (Lipinski definition) is 2. The number of aromatic hydroxyl groups is 2. The van der Waals surface area contributed by atoms with Crippen LogP contribution in [0.5, 0.6) is 11.5 Å². The lowest BCUT2D eigenvalue weighted by molar-refractivity contribution is 0.405. The van der Waals surface area contributed by atoms with Crippen molar-refractivity contribution in [2.75, 3.05) is 0 Å². The van der Waals surface area contributed by atoms with Crippen LogP contribution in [0, 0.1) is 0 Å². The number of pyridine rings is 1. The average Bonchev–Trinajstić information content (AvgIpc) is 2.26. The maximum absolute atomic E-state index is 11.6. The molecular weight excluding hydrogens is 230 g/mol. The van der Waals surface area contributed by atoms with Crippen molar-refractivity contribution in [3.05, 3.63) is 33.6 Å². The van der Waals surface area contributed by atoms with Gasteiger partial charge >= 0.3 is 0 Å². The number of fused-ring (bicyclic) bond motifs is 1. The first-order chi connectivity index (χ1) is 7.56. The van der Waals surface area contributed by atoms with Crippen LogP contribution in [-0.2, 0) is 6.54 Å². The predicted octanol–water partition coefficient (Wildman–Crippen LogP) is 2.09. The monoisotopic (exact) mass is 239 g/mol. The summed E-state index contributed by atoms with van der Waals surface area (Å²) in [5, 5.41) is 19.0. The Morgan fingerprint density at radius 2 is 2.12 bits per heavy atom. The molecule has 0 saturated carbocycles. The summed E-state index contributed by atoms with van der Waals surface area (Å²) < 4.78 is 1.77. The fraction of sp³-hybridized carbons (Fsp3) is 0.182. The van der Waals surface area contributed by atoms with Gasteiger partial charge in [-0.1, -0.05) is 11.6 Å². The Balaban J connectivity index is 3.05. The maximum atomic E-state index is 11.6. The Morgan fingerprint density at radius 3 is 2.75 bits per heavy atom. The molecule has 4 nitrogen and oxygen atoms in total. The van der Waals surface area contributed by atoms with E-state index in [9.17, 15) is 15.0 Å². The Labute approximate surface area is 96.3 Å². The van der Waals surface area contributed by atoms with Crippen LogP contribution in [0.3, 0.4) is 0 Å². The molecule has 84 valence electrons. The zero-order valence-electron chi connectivity index (χ0n) is 8.57. The van der Waals surface area contributed by atoms with Crippen molar-refractivity contribution in [1.82, 2.24) is 4.57 Å². The van der Waals surface area contributed by atoms with E-state index in [4.69, 9.17) is 11.6 Å². The van der Waals surface area contributed by atoms with Gasteiger partial charge < -0.3 is 14.8 Å². The van der Waals surface area contributed by atoms with Crippen LogP contribution < -0.4 is 5.43 Å². The first kappa shape index (κ1) is 10.8. The van der Waals surface area contributed by atoms with Gasteiger partial charge in [0.2, 0.25) is 0 Å². The van der Waals surface area contributed by atoms with Crippen molar-refractivity contribution in [2.24, 2.45) is 0 Å². The SMILES string of the molecule is CCn1ccc(=O)c2c(Cl)c(O)c(O)cc21. The summed E-state index contributed by atoms with van der Waals surface area (Å²) in [7, 11) is 0. The summed E-state index contributed by atoms with van der Waals surface area (Å²) in [6, 6.07) is 2.72. The van der Waals surface area contributed by atoms with Crippen LogP contribution in [0.15, 0.2) is 23.1 Å². The van der Waals surface area contributed by atoms with Gasteiger partial charge in [0.25, 0.3) is 0 Å². The maximum Gasteiger partial charge on any atom is 0.191 e. The molecule has 0 aliphatic rings. The zero-order valence-corrected chi connectivity index (χ0v) is 9.32. The fourth-order valence-corrected chi connectivity index (χ4v) is 1.96. The second-order valence-corrected chi connectivity index (χ2v) is 3.80. The van der Waals surface area contributed by atoms with E-state index in [0.717, 1.165) is 0 Å². The van der Waals surface area contributed by atoms with Crippen molar-refractivity contribution in [2.45, 2.75) is 13.5 Å². The summed E-state index contributed by atoms with van der Waals surface area (Å²) in [6.07, 6.45) is 1.62. The fourth-order valence-electron chi connectivity index (χ4n) is 1.67. The van der Waals surface area contributed by atoms with Crippen molar-refractivity contribution in [3.8, 4) is 11.5 Å². The van der Waals surface area contributed by atoms with Gasteiger partial charge in [0.05, 0.1) is 15.9 Å². The summed E-state index contributed by atoms with van der Waals surface area (Å²) in [5.41, 5.74) is 0.232. The van der Waals surface area contributed by atoms with Crippen LogP contribution in [0.2, 0.25) is 5.02 Å². The van der Waals surface area contributed by atoms with Gasteiger partial charge in [-0.15, -0.1) is 0 Å². The van der Waals surface area contributed by atoms with Crippen LogP contribution in [-0.4, -0.2) is 14.8 Å². The highest BCUT2D eigenvalue weighted by atomic mass is 35.5.